The third kappa shape index (κ3) is 5.30. The highest BCUT2D eigenvalue weighted by atomic mass is 16.5. The van der Waals surface area contributed by atoms with Gasteiger partial charge in [0.1, 0.15) is 18.5 Å². The fourth-order valence-corrected chi connectivity index (χ4v) is 2.94. The minimum absolute atomic E-state index is 0.333. The first-order chi connectivity index (χ1) is 11.8. The number of ether oxygens (including phenoxy) is 1. The number of pyridine rings is 1. The Morgan fingerprint density at radius 3 is 2.46 bits per heavy atom. The second-order valence-corrected chi connectivity index (χ2v) is 6.22. The maximum Gasteiger partial charge on any atom is 0.119 e. The lowest BCUT2D eigenvalue weighted by molar-refractivity contribution is 0.0446. The van der Waals surface area contributed by atoms with E-state index in [9.17, 15) is 5.11 Å². The highest BCUT2D eigenvalue weighted by molar-refractivity contribution is 5.20. The van der Waals surface area contributed by atoms with E-state index >= 15 is 0 Å². The van der Waals surface area contributed by atoms with Gasteiger partial charge in [-0.25, -0.2) is 0 Å². The van der Waals surface area contributed by atoms with Crippen LogP contribution >= 0.6 is 0 Å². The summed E-state index contributed by atoms with van der Waals surface area (Å²) in [5, 5.41) is 10.2. The molecular formula is C19H25N3O2. The Bertz CT molecular complexity index is 586. The predicted molar refractivity (Wildman–Crippen MR) is 93.9 cm³/mol. The molecule has 1 aliphatic heterocycles. The van der Waals surface area contributed by atoms with Crippen molar-refractivity contribution >= 4 is 0 Å². The smallest absolute Gasteiger partial charge is 0.119 e. The molecule has 2 heterocycles. The number of para-hydroxylation sites is 1. The molecule has 5 nitrogen and oxygen atoms in total. The average molecular weight is 327 g/mol. The third-order valence-corrected chi connectivity index (χ3v) is 4.25. The molecule has 1 atom stereocenters. The van der Waals surface area contributed by atoms with E-state index in [-0.39, 0.29) is 0 Å². The first-order valence-corrected chi connectivity index (χ1v) is 8.49. The molecule has 1 aromatic carbocycles. The van der Waals surface area contributed by atoms with Gasteiger partial charge in [0.05, 0.1) is 0 Å². The van der Waals surface area contributed by atoms with Crippen molar-refractivity contribution in [1.82, 2.24) is 14.8 Å². The summed E-state index contributed by atoms with van der Waals surface area (Å²) < 4.78 is 5.62. The Hall–Kier alpha value is -1.95. The molecule has 24 heavy (non-hydrogen) atoms. The number of piperazine rings is 1. The Morgan fingerprint density at radius 2 is 1.75 bits per heavy atom. The molecule has 1 fully saturated rings. The van der Waals surface area contributed by atoms with E-state index in [1.165, 1.54) is 5.56 Å². The first kappa shape index (κ1) is 16.9. The Labute approximate surface area is 143 Å². The number of benzene rings is 1. The summed E-state index contributed by atoms with van der Waals surface area (Å²) in [4.78, 5) is 8.90. The van der Waals surface area contributed by atoms with E-state index in [1.807, 2.05) is 42.6 Å². The minimum atomic E-state index is -0.463. The molecule has 0 unspecified atom stereocenters. The molecular weight excluding hydrogens is 302 g/mol. The van der Waals surface area contributed by atoms with Crippen LogP contribution in [0.25, 0.3) is 0 Å². The SMILES string of the molecule is O[C@H](COc1ccccc1)CN1CCN(Cc2cccnc2)CC1. The van der Waals surface area contributed by atoms with E-state index in [2.05, 4.69) is 20.9 Å². The fourth-order valence-electron chi connectivity index (χ4n) is 2.94. The first-order valence-electron chi connectivity index (χ1n) is 8.49. The molecule has 1 aliphatic rings. The molecule has 0 spiro atoms. The van der Waals surface area contributed by atoms with Crippen molar-refractivity contribution in [3.8, 4) is 5.75 Å². The molecule has 1 N–H and O–H groups in total. The minimum Gasteiger partial charge on any atom is -0.491 e. The summed E-state index contributed by atoms with van der Waals surface area (Å²) in [5.74, 6) is 0.804. The number of aromatic nitrogens is 1. The van der Waals surface area contributed by atoms with Crippen molar-refractivity contribution in [2.45, 2.75) is 12.6 Å². The Balaban J connectivity index is 1.36. The van der Waals surface area contributed by atoms with Gasteiger partial charge in [0.15, 0.2) is 0 Å². The van der Waals surface area contributed by atoms with Crippen LogP contribution in [0.5, 0.6) is 5.75 Å². The lowest BCUT2D eigenvalue weighted by atomic mass is 10.2. The van der Waals surface area contributed by atoms with Crippen LogP contribution in [0.3, 0.4) is 0 Å². The molecule has 128 valence electrons. The average Bonchev–Trinajstić information content (AvgIpc) is 2.63. The summed E-state index contributed by atoms with van der Waals surface area (Å²) in [7, 11) is 0. The number of nitrogens with zero attached hydrogens (tertiary/aromatic N) is 3. The van der Waals surface area contributed by atoms with E-state index in [0.29, 0.717) is 13.2 Å². The van der Waals surface area contributed by atoms with Crippen LogP contribution in [0, 0.1) is 0 Å². The summed E-state index contributed by atoms with van der Waals surface area (Å²) in [6.07, 6.45) is 3.27. The quantitative estimate of drug-likeness (QED) is 0.838. The van der Waals surface area contributed by atoms with Crippen LogP contribution in [0.15, 0.2) is 54.9 Å². The molecule has 0 saturated carbocycles. The highest BCUT2D eigenvalue weighted by Crippen LogP contribution is 2.10. The summed E-state index contributed by atoms with van der Waals surface area (Å²) >= 11 is 0. The number of aliphatic hydroxyl groups excluding tert-OH is 1. The number of hydrogen-bond donors (Lipinski definition) is 1. The van der Waals surface area contributed by atoms with Crippen LogP contribution in [0.2, 0.25) is 0 Å². The predicted octanol–water partition coefficient (Wildman–Crippen LogP) is 1.64. The normalized spacial score (nSPS) is 17.5. The fraction of sp³-hybridized carbons (Fsp3) is 0.421. The van der Waals surface area contributed by atoms with E-state index in [4.69, 9.17) is 4.74 Å². The van der Waals surface area contributed by atoms with Gasteiger partial charge in [0.2, 0.25) is 0 Å². The monoisotopic (exact) mass is 327 g/mol. The van der Waals surface area contributed by atoms with Crippen molar-refractivity contribution in [2.24, 2.45) is 0 Å². The highest BCUT2D eigenvalue weighted by Gasteiger charge is 2.19. The van der Waals surface area contributed by atoms with Crippen LogP contribution in [-0.4, -0.2) is 65.3 Å². The van der Waals surface area contributed by atoms with Crippen LogP contribution in [-0.2, 0) is 6.54 Å². The zero-order valence-corrected chi connectivity index (χ0v) is 13.9. The largest absolute Gasteiger partial charge is 0.491 e. The number of aliphatic hydroxyl groups is 1. The number of rotatable bonds is 7. The van der Waals surface area contributed by atoms with Crippen molar-refractivity contribution in [1.29, 1.82) is 0 Å². The topological polar surface area (TPSA) is 48.8 Å². The van der Waals surface area contributed by atoms with E-state index in [1.54, 1.807) is 6.20 Å². The summed E-state index contributed by atoms with van der Waals surface area (Å²) in [6, 6.07) is 13.7. The second kappa shape index (κ2) is 8.78. The number of β-amino-alcohol motifs (C(OH)–C–C–N with tert-alkyl or cyclic N) is 1. The molecule has 1 aromatic heterocycles. The lowest BCUT2D eigenvalue weighted by Crippen LogP contribution is -2.48. The molecule has 1 saturated heterocycles. The van der Waals surface area contributed by atoms with Crippen LogP contribution < -0.4 is 4.74 Å². The van der Waals surface area contributed by atoms with Gasteiger partial charge in [0.25, 0.3) is 0 Å². The maximum absolute atomic E-state index is 10.2. The van der Waals surface area contributed by atoms with Gasteiger partial charge in [-0.2, -0.15) is 0 Å². The maximum atomic E-state index is 10.2. The summed E-state index contributed by atoms with van der Waals surface area (Å²) in [5.41, 5.74) is 1.25. The lowest BCUT2D eigenvalue weighted by Gasteiger charge is -2.35. The molecule has 5 heteroatoms. The van der Waals surface area contributed by atoms with Gasteiger partial charge in [0, 0.05) is 51.7 Å². The molecule has 2 aromatic rings. The van der Waals surface area contributed by atoms with Gasteiger partial charge >= 0.3 is 0 Å². The van der Waals surface area contributed by atoms with Gasteiger partial charge in [-0.05, 0) is 23.8 Å². The Morgan fingerprint density at radius 1 is 1.00 bits per heavy atom. The van der Waals surface area contributed by atoms with E-state index < -0.39 is 6.10 Å². The van der Waals surface area contributed by atoms with Gasteiger partial charge < -0.3 is 9.84 Å². The van der Waals surface area contributed by atoms with Gasteiger partial charge in [-0.15, -0.1) is 0 Å². The number of hydrogen-bond acceptors (Lipinski definition) is 5. The standard InChI is InChI=1S/C19H25N3O2/c23-18(16-24-19-6-2-1-3-7-19)15-22-11-9-21(10-12-22)14-17-5-4-8-20-13-17/h1-8,13,18,23H,9-12,14-16H2/t18-/m0/s1. The van der Waals surface area contributed by atoms with Crippen molar-refractivity contribution < 1.29 is 9.84 Å². The van der Waals surface area contributed by atoms with E-state index in [0.717, 1.165) is 38.5 Å². The van der Waals surface area contributed by atoms with Gasteiger partial charge in [-0.3, -0.25) is 14.8 Å². The van der Waals surface area contributed by atoms with Crippen molar-refractivity contribution in [2.75, 3.05) is 39.3 Å². The molecule has 0 amide bonds. The molecule has 0 aliphatic carbocycles. The summed E-state index contributed by atoms with van der Waals surface area (Å²) in [6.45, 7) is 5.92. The van der Waals surface area contributed by atoms with Crippen molar-refractivity contribution in [3.05, 3.63) is 60.4 Å². The zero-order chi connectivity index (χ0) is 16.6. The molecule has 0 bridgehead atoms. The van der Waals surface area contributed by atoms with Crippen molar-refractivity contribution in [3.63, 3.8) is 0 Å². The van der Waals surface area contributed by atoms with Crippen LogP contribution in [0.4, 0.5) is 0 Å². The molecule has 0 radical (unpaired) electrons. The zero-order valence-electron chi connectivity index (χ0n) is 13.9. The second-order valence-electron chi connectivity index (χ2n) is 6.22. The van der Waals surface area contributed by atoms with Crippen LogP contribution in [0.1, 0.15) is 5.56 Å². The molecule has 3 rings (SSSR count). The Kier molecular flexibility index (Phi) is 6.18. The van der Waals surface area contributed by atoms with Gasteiger partial charge in [-0.1, -0.05) is 24.3 Å². The third-order valence-electron chi connectivity index (χ3n) is 4.25.